The maximum absolute atomic E-state index is 10.4. The van der Waals surface area contributed by atoms with Crippen LogP contribution in [0, 0.1) is 5.92 Å². The van der Waals surface area contributed by atoms with Gasteiger partial charge in [0.15, 0.2) is 0 Å². The summed E-state index contributed by atoms with van der Waals surface area (Å²) in [6.45, 7) is 3.31. The number of hydrogen-bond acceptors (Lipinski definition) is 3. The molecule has 0 bridgehead atoms. The number of hydrogen-bond donors (Lipinski definition) is 2. The van der Waals surface area contributed by atoms with Crippen molar-refractivity contribution < 1.29 is 19.8 Å². The van der Waals surface area contributed by atoms with Gasteiger partial charge < -0.3 is 15.0 Å². The fourth-order valence-corrected chi connectivity index (χ4v) is 1.29. The number of aliphatic hydroxyl groups is 1. The second kappa shape index (κ2) is 5.75. The van der Waals surface area contributed by atoms with Gasteiger partial charge in [-0.1, -0.05) is 6.92 Å². The molecule has 0 saturated carbocycles. The van der Waals surface area contributed by atoms with E-state index >= 15 is 0 Å². The standard InChI is InChI=1S/C10H18O4/c1-8(7-11)4-3-5-10(2,14)6-9(12)13/h7-8,14H,3-6H2,1-2H3,(H,12,13). The van der Waals surface area contributed by atoms with Crippen LogP contribution in [0.25, 0.3) is 0 Å². The third-order valence-corrected chi connectivity index (χ3v) is 2.14. The first-order valence-electron chi connectivity index (χ1n) is 4.77. The molecule has 14 heavy (non-hydrogen) atoms. The molecule has 0 aromatic carbocycles. The monoisotopic (exact) mass is 202 g/mol. The minimum atomic E-state index is -1.16. The average Bonchev–Trinajstić information content (AvgIpc) is 2.01. The van der Waals surface area contributed by atoms with E-state index in [1.807, 2.05) is 0 Å². The van der Waals surface area contributed by atoms with Crippen molar-refractivity contribution in [2.45, 2.75) is 45.1 Å². The van der Waals surface area contributed by atoms with E-state index in [1.165, 1.54) is 6.92 Å². The molecular weight excluding hydrogens is 184 g/mol. The number of carboxylic acid groups (broad SMARTS) is 1. The molecule has 2 atom stereocenters. The summed E-state index contributed by atoms with van der Waals surface area (Å²) in [5, 5.41) is 18.1. The molecule has 2 unspecified atom stereocenters. The van der Waals surface area contributed by atoms with Crippen molar-refractivity contribution in [3.8, 4) is 0 Å². The van der Waals surface area contributed by atoms with Crippen molar-refractivity contribution in [1.29, 1.82) is 0 Å². The van der Waals surface area contributed by atoms with Gasteiger partial charge >= 0.3 is 5.97 Å². The summed E-state index contributed by atoms with van der Waals surface area (Å²) in [5.74, 6) is -1.02. The van der Waals surface area contributed by atoms with E-state index in [-0.39, 0.29) is 12.3 Å². The Kier molecular flexibility index (Phi) is 5.38. The van der Waals surface area contributed by atoms with E-state index in [2.05, 4.69) is 0 Å². The van der Waals surface area contributed by atoms with Crippen LogP contribution in [0.4, 0.5) is 0 Å². The average molecular weight is 202 g/mol. The Morgan fingerprint density at radius 1 is 1.57 bits per heavy atom. The normalized spacial score (nSPS) is 17.1. The molecule has 0 spiro atoms. The van der Waals surface area contributed by atoms with Crippen molar-refractivity contribution in [3.05, 3.63) is 0 Å². The van der Waals surface area contributed by atoms with Gasteiger partial charge in [0.05, 0.1) is 12.0 Å². The molecule has 0 aliphatic heterocycles. The maximum Gasteiger partial charge on any atom is 0.306 e. The molecule has 0 amide bonds. The number of aliphatic carboxylic acids is 1. The lowest BCUT2D eigenvalue weighted by Gasteiger charge is -2.20. The summed E-state index contributed by atoms with van der Waals surface area (Å²) in [4.78, 5) is 20.6. The van der Waals surface area contributed by atoms with E-state index in [1.54, 1.807) is 6.92 Å². The first-order chi connectivity index (χ1) is 6.37. The Labute approximate surface area is 83.9 Å². The van der Waals surface area contributed by atoms with Gasteiger partial charge in [0.25, 0.3) is 0 Å². The first-order valence-corrected chi connectivity index (χ1v) is 4.77. The van der Waals surface area contributed by atoms with Crippen LogP contribution in [0.3, 0.4) is 0 Å². The zero-order chi connectivity index (χ0) is 11.2. The second-order valence-corrected chi connectivity index (χ2v) is 4.07. The highest BCUT2D eigenvalue weighted by molar-refractivity contribution is 5.67. The highest BCUT2D eigenvalue weighted by Crippen LogP contribution is 2.19. The molecule has 4 heteroatoms. The Morgan fingerprint density at radius 3 is 2.57 bits per heavy atom. The molecule has 0 radical (unpaired) electrons. The highest BCUT2D eigenvalue weighted by atomic mass is 16.4. The smallest absolute Gasteiger partial charge is 0.306 e. The Hall–Kier alpha value is -0.900. The van der Waals surface area contributed by atoms with Crippen molar-refractivity contribution in [2.24, 2.45) is 5.92 Å². The van der Waals surface area contributed by atoms with Gasteiger partial charge in [0, 0.05) is 5.92 Å². The van der Waals surface area contributed by atoms with E-state index in [4.69, 9.17) is 5.11 Å². The number of carbonyl (C=O) groups excluding carboxylic acids is 1. The van der Waals surface area contributed by atoms with Crippen LogP contribution in [0.15, 0.2) is 0 Å². The fraction of sp³-hybridized carbons (Fsp3) is 0.800. The van der Waals surface area contributed by atoms with Crippen molar-refractivity contribution in [3.63, 3.8) is 0 Å². The van der Waals surface area contributed by atoms with Crippen LogP contribution in [0.1, 0.15) is 39.5 Å². The molecular formula is C10H18O4. The largest absolute Gasteiger partial charge is 0.481 e. The quantitative estimate of drug-likeness (QED) is 0.609. The number of aldehydes is 1. The Balaban J connectivity index is 3.75. The van der Waals surface area contributed by atoms with Crippen LogP contribution < -0.4 is 0 Å². The molecule has 0 aliphatic carbocycles. The van der Waals surface area contributed by atoms with Gasteiger partial charge in [-0.2, -0.15) is 0 Å². The summed E-state index contributed by atoms with van der Waals surface area (Å²) in [6, 6.07) is 0. The second-order valence-electron chi connectivity index (χ2n) is 4.07. The molecule has 0 saturated heterocycles. The predicted molar refractivity (Wildman–Crippen MR) is 52.0 cm³/mol. The van der Waals surface area contributed by atoms with E-state index in [0.29, 0.717) is 19.3 Å². The highest BCUT2D eigenvalue weighted by Gasteiger charge is 2.23. The lowest BCUT2D eigenvalue weighted by Crippen LogP contribution is -2.27. The zero-order valence-electron chi connectivity index (χ0n) is 8.69. The summed E-state index contributed by atoms with van der Waals surface area (Å²) in [5.41, 5.74) is -1.16. The zero-order valence-corrected chi connectivity index (χ0v) is 8.69. The van der Waals surface area contributed by atoms with E-state index in [0.717, 1.165) is 6.29 Å². The lowest BCUT2D eigenvalue weighted by molar-refractivity contribution is -0.142. The van der Waals surface area contributed by atoms with Crippen LogP contribution in [-0.2, 0) is 9.59 Å². The third kappa shape index (κ3) is 6.60. The van der Waals surface area contributed by atoms with Gasteiger partial charge in [-0.3, -0.25) is 4.79 Å². The molecule has 0 rings (SSSR count). The summed E-state index contributed by atoms with van der Waals surface area (Å²) >= 11 is 0. The topological polar surface area (TPSA) is 74.6 Å². The first kappa shape index (κ1) is 13.1. The Bertz CT molecular complexity index is 198. The van der Waals surface area contributed by atoms with E-state index in [9.17, 15) is 14.7 Å². The molecule has 2 N–H and O–H groups in total. The van der Waals surface area contributed by atoms with Crippen LogP contribution in [0.5, 0.6) is 0 Å². The van der Waals surface area contributed by atoms with Crippen LogP contribution >= 0.6 is 0 Å². The third-order valence-electron chi connectivity index (χ3n) is 2.14. The summed E-state index contributed by atoms with van der Waals surface area (Å²) in [6.07, 6.45) is 2.39. The van der Waals surface area contributed by atoms with Crippen LogP contribution in [0.2, 0.25) is 0 Å². The SMILES string of the molecule is CC(C=O)CCCC(C)(O)CC(=O)O. The van der Waals surface area contributed by atoms with Crippen LogP contribution in [-0.4, -0.2) is 28.1 Å². The maximum atomic E-state index is 10.4. The van der Waals surface area contributed by atoms with Gasteiger partial charge in [-0.05, 0) is 26.2 Å². The minimum Gasteiger partial charge on any atom is -0.481 e. The van der Waals surface area contributed by atoms with Gasteiger partial charge in [-0.15, -0.1) is 0 Å². The molecule has 0 heterocycles. The molecule has 82 valence electrons. The van der Waals surface area contributed by atoms with Gasteiger partial charge in [-0.25, -0.2) is 0 Å². The minimum absolute atomic E-state index is 0.0179. The fourth-order valence-electron chi connectivity index (χ4n) is 1.29. The number of carbonyl (C=O) groups is 2. The van der Waals surface area contributed by atoms with Crippen molar-refractivity contribution in [1.82, 2.24) is 0 Å². The lowest BCUT2D eigenvalue weighted by atomic mass is 9.93. The molecule has 0 aromatic rings. The molecule has 4 nitrogen and oxygen atoms in total. The summed E-state index contributed by atoms with van der Waals surface area (Å²) < 4.78 is 0. The van der Waals surface area contributed by atoms with E-state index < -0.39 is 11.6 Å². The predicted octanol–water partition coefficient (Wildman–Crippen LogP) is 1.22. The molecule has 0 aromatic heterocycles. The van der Waals surface area contributed by atoms with Gasteiger partial charge in [0.1, 0.15) is 6.29 Å². The molecule has 0 fully saturated rings. The van der Waals surface area contributed by atoms with Gasteiger partial charge in [0.2, 0.25) is 0 Å². The number of rotatable bonds is 7. The summed E-state index contributed by atoms with van der Waals surface area (Å²) in [7, 11) is 0. The number of carboxylic acids is 1. The van der Waals surface area contributed by atoms with Crippen molar-refractivity contribution in [2.75, 3.05) is 0 Å². The van der Waals surface area contributed by atoms with Crippen molar-refractivity contribution >= 4 is 12.3 Å². The Morgan fingerprint density at radius 2 is 2.14 bits per heavy atom. The molecule has 0 aliphatic rings.